The zero-order valence-corrected chi connectivity index (χ0v) is 13.5. The van der Waals surface area contributed by atoms with E-state index in [-0.39, 0.29) is 0 Å². The normalized spacial score (nSPS) is 28.0. The summed E-state index contributed by atoms with van der Waals surface area (Å²) in [4.78, 5) is 12.1. The summed E-state index contributed by atoms with van der Waals surface area (Å²) in [6, 6.07) is 5.21. The number of anilines is 1. The quantitative estimate of drug-likeness (QED) is 0.849. The maximum absolute atomic E-state index is 4.12. The molecular formula is C18H28N4. The van der Waals surface area contributed by atoms with Crippen molar-refractivity contribution in [3.05, 3.63) is 24.5 Å². The Morgan fingerprint density at radius 3 is 2.45 bits per heavy atom. The standard InChI is InChI=1S/C18H28N4/c1-2-16(15-22(9-1)17-3-4-17)14-20-10-12-21(13-11-20)18-5-7-19-8-6-18/h5-8,16-17H,1-4,9-15H2. The fourth-order valence-electron chi connectivity index (χ4n) is 4.13. The van der Waals surface area contributed by atoms with Crippen LogP contribution in [0.25, 0.3) is 0 Å². The Kier molecular flexibility index (Phi) is 4.30. The Morgan fingerprint density at radius 1 is 0.955 bits per heavy atom. The molecule has 2 saturated heterocycles. The SMILES string of the molecule is c1cc(N2CCN(CC3CCCN(C4CC4)C3)CC2)ccn1. The number of hydrogen-bond donors (Lipinski definition) is 0. The first-order valence-corrected chi connectivity index (χ1v) is 9.00. The molecule has 2 aliphatic heterocycles. The van der Waals surface area contributed by atoms with Gasteiger partial charge in [0.2, 0.25) is 0 Å². The predicted molar refractivity (Wildman–Crippen MR) is 90.2 cm³/mol. The molecule has 1 aromatic heterocycles. The third kappa shape index (κ3) is 3.44. The van der Waals surface area contributed by atoms with E-state index in [0.29, 0.717) is 0 Å². The first kappa shape index (κ1) is 14.5. The second-order valence-corrected chi connectivity index (χ2v) is 7.23. The summed E-state index contributed by atoms with van der Waals surface area (Å²) in [5, 5.41) is 0. The molecule has 4 heteroatoms. The molecule has 1 aromatic rings. The van der Waals surface area contributed by atoms with Crippen molar-refractivity contribution in [1.82, 2.24) is 14.8 Å². The summed E-state index contributed by atoms with van der Waals surface area (Å²) in [6.45, 7) is 8.76. The molecule has 3 fully saturated rings. The summed E-state index contributed by atoms with van der Waals surface area (Å²) < 4.78 is 0. The van der Waals surface area contributed by atoms with Crippen molar-refractivity contribution in [2.75, 3.05) is 50.7 Å². The molecule has 0 N–H and O–H groups in total. The molecule has 120 valence electrons. The number of piperidine rings is 1. The number of piperazine rings is 1. The molecule has 0 radical (unpaired) electrons. The third-order valence-corrected chi connectivity index (χ3v) is 5.53. The van der Waals surface area contributed by atoms with Gasteiger partial charge in [-0.3, -0.25) is 9.88 Å². The minimum Gasteiger partial charge on any atom is -0.369 e. The van der Waals surface area contributed by atoms with Gasteiger partial charge < -0.3 is 9.80 Å². The van der Waals surface area contributed by atoms with E-state index in [1.165, 1.54) is 64.1 Å². The minimum absolute atomic E-state index is 0.904. The Labute approximate surface area is 134 Å². The largest absolute Gasteiger partial charge is 0.369 e. The predicted octanol–water partition coefficient (Wildman–Crippen LogP) is 2.08. The average molecular weight is 300 g/mol. The fraction of sp³-hybridized carbons (Fsp3) is 0.722. The maximum Gasteiger partial charge on any atom is 0.0397 e. The van der Waals surface area contributed by atoms with E-state index in [2.05, 4.69) is 31.8 Å². The van der Waals surface area contributed by atoms with Crippen molar-refractivity contribution in [3.8, 4) is 0 Å². The van der Waals surface area contributed by atoms with Crippen molar-refractivity contribution >= 4 is 5.69 Å². The van der Waals surface area contributed by atoms with Crippen LogP contribution in [-0.2, 0) is 0 Å². The lowest BCUT2D eigenvalue weighted by Crippen LogP contribution is -2.49. The fourth-order valence-corrected chi connectivity index (χ4v) is 4.13. The molecule has 1 atom stereocenters. The van der Waals surface area contributed by atoms with Gasteiger partial charge in [-0.05, 0) is 50.3 Å². The molecule has 0 bridgehead atoms. The highest BCUT2D eigenvalue weighted by molar-refractivity contribution is 5.44. The van der Waals surface area contributed by atoms with Crippen LogP contribution in [0.3, 0.4) is 0 Å². The molecule has 1 unspecified atom stereocenters. The molecule has 1 saturated carbocycles. The van der Waals surface area contributed by atoms with E-state index in [0.717, 1.165) is 25.0 Å². The molecule has 1 aliphatic carbocycles. The minimum atomic E-state index is 0.904. The molecular weight excluding hydrogens is 272 g/mol. The Bertz CT molecular complexity index is 465. The number of likely N-dealkylation sites (tertiary alicyclic amines) is 1. The van der Waals surface area contributed by atoms with E-state index in [1.807, 2.05) is 12.4 Å². The van der Waals surface area contributed by atoms with Crippen molar-refractivity contribution in [2.24, 2.45) is 5.92 Å². The summed E-state index contributed by atoms with van der Waals surface area (Å²) in [5.41, 5.74) is 1.33. The van der Waals surface area contributed by atoms with Gasteiger partial charge in [0.05, 0.1) is 0 Å². The van der Waals surface area contributed by atoms with Crippen LogP contribution in [0.5, 0.6) is 0 Å². The second kappa shape index (κ2) is 6.55. The zero-order valence-electron chi connectivity index (χ0n) is 13.5. The van der Waals surface area contributed by atoms with Crippen molar-refractivity contribution in [3.63, 3.8) is 0 Å². The molecule has 22 heavy (non-hydrogen) atoms. The summed E-state index contributed by atoms with van der Waals surface area (Å²) >= 11 is 0. The molecule has 4 nitrogen and oxygen atoms in total. The van der Waals surface area contributed by atoms with E-state index in [1.54, 1.807) is 0 Å². The van der Waals surface area contributed by atoms with Gasteiger partial charge in [-0.25, -0.2) is 0 Å². The molecule has 0 amide bonds. The van der Waals surface area contributed by atoms with Crippen LogP contribution in [0, 0.1) is 5.92 Å². The number of aromatic nitrogens is 1. The van der Waals surface area contributed by atoms with Crippen molar-refractivity contribution in [2.45, 2.75) is 31.7 Å². The van der Waals surface area contributed by atoms with Crippen LogP contribution in [0.4, 0.5) is 5.69 Å². The first-order chi connectivity index (χ1) is 10.9. The number of hydrogen-bond acceptors (Lipinski definition) is 4. The van der Waals surface area contributed by atoms with E-state index in [4.69, 9.17) is 0 Å². The third-order valence-electron chi connectivity index (χ3n) is 5.53. The van der Waals surface area contributed by atoms with Gasteiger partial charge in [0.15, 0.2) is 0 Å². The van der Waals surface area contributed by atoms with Gasteiger partial charge in [-0.1, -0.05) is 0 Å². The van der Waals surface area contributed by atoms with Crippen molar-refractivity contribution < 1.29 is 0 Å². The molecule has 0 aromatic carbocycles. The lowest BCUT2D eigenvalue weighted by molar-refractivity contribution is 0.124. The molecule has 4 rings (SSSR count). The highest BCUT2D eigenvalue weighted by atomic mass is 15.3. The van der Waals surface area contributed by atoms with Crippen LogP contribution in [0.2, 0.25) is 0 Å². The van der Waals surface area contributed by atoms with Gasteiger partial charge in [0, 0.05) is 63.4 Å². The monoisotopic (exact) mass is 300 g/mol. The number of rotatable bonds is 4. The van der Waals surface area contributed by atoms with Gasteiger partial charge in [0.1, 0.15) is 0 Å². The van der Waals surface area contributed by atoms with Crippen molar-refractivity contribution in [1.29, 1.82) is 0 Å². The van der Waals surface area contributed by atoms with Gasteiger partial charge in [0.25, 0.3) is 0 Å². The zero-order chi connectivity index (χ0) is 14.8. The highest BCUT2D eigenvalue weighted by Crippen LogP contribution is 2.31. The average Bonchev–Trinajstić information content (AvgIpc) is 3.42. The molecule has 3 aliphatic rings. The summed E-state index contributed by atoms with van der Waals surface area (Å²) in [5.74, 6) is 0.904. The topological polar surface area (TPSA) is 22.6 Å². The maximum atomic E-state index is 4.12. The number of pyridine rings is 1. The van der Waals surface area contributed by atoms with E-state index < -0.39 is 0 Å². The first-order valence-electron chi connectivity index (χ1n) is 9.00. The molecule has 3 heterocycles. The van der Waals surface area contributed by atoms with Crippen LogP contribution in [0.15, 0.2) is 24.5 Å². The van der Waals surface area contributed by atoms with Crippen LogP contribution >= 0.6 is 0 Å². The second-order valence-electron chi connectivity index (χ2n) is 7.23. The van der Waals surface area contributed by atoms with Crippen LogP contribution in [0.1, 0.15) is 25.7 Å². The Balaban J connectivity index is 1.25. The van der Waals surface area contributed by atoms with Crippen LogP contribution < -0.4 is 4.90 Å². The summed E-state index contributed by atoms with van der Waals surface area (Å²) in [6.07, 6.45) is 9.56. The van der Waals surface area contributed by atoms with E-state index in [9.17, 15) is 0 Å². The van der Waals surface area contributed by atoms with Gasteiger partial charge in [-0.15, -0.1) is 0 Å². The number of nitrogens with zero attached hydrogens (tertiary/aromatic N) is 4. The lowest BCUT2D eigenvalue weighted by Gasteiger charge is -2.40. The molecule has 0 spiro atoms. The lowest BCUT2D eigenvalue weighted by atomic mass is 9.97. The Morgan fingerprint density at radius 2 is 1.73 bits per heavy atom. The van der Waals surface area contributed by atoms with E-state index >= 15 is 0 Å². The van der Waals surface area contributed by atoms with Gasteiger partial charge in [-0.2, -0.15) is 0 Å². The van der Waals surface area contributed by atoms with Crippen LogP contribution in [-0.4, -0.2) is 66.6 Å². The smallest absolute Gasteiger partial charge is 0.0397 e. The van der Waals surface area contributed by atoms with Gasteiger partial charge >= 0.3 is 0 Å². The Hall–Kier alpha value is -1.13. The highest BCUT2D eigenvalue weighted by Gasteiger charge is 2.33. The summed E-state index contributed by atoms with van der Waals surface area (Å²) in [7, 11) is 0.